The van der Waals surface area contributed by atoms with Crippen molar-refractivity contribution in [1.29, 1.82) is 0 Å². The Hall–Kier alpha value is -1.04. The predicted octanol–water partition coefficient (Wildman–Crippen LogP) is 1.11. The van der Waals surface area contributed by atoms with Gasteiger partial charge in [0.15, 0.2) is 5.88 Å². The van der Waals surface area contributed by atoms with Crippen LogP contribution in [0, 0.1) is 0 Å². The maximum Gasteiger partial charge on any atom is 0.189 e. The molecule has 0 rings (SSSR count). The molecule has 0 aromatic heterocycles. The minimum Gasteiger partial charge on any atom is -0.476 e. The molecule has 0 aromatic carbocycles. The van der Waals surface area contributed by atoms with Gasteiger partial charge in [0.1, 0.15) is 9.84 Å². The molecule has 0 aliphatic carbocycles. The van der Waals surface area contributed by atoms with Crippen molar-refractivity contribution in [3.63, 3.8) is 0 Å². The second kappa shape index (κ2) is 7.32. The van der Waals surface area contributed by atoms with Gasteiger partial charge in [-0.1, -0.05) is 6.92 Å². The predicted molar refractivity (Wildman–Crippen MR) is 70.8 cm³/mol. The highest BCUT2D eigenvalue weighted by Gasteiger charge is 2.10. The summed E-state index contributed by atoms with van der Waals surface area (Å²) < 4.78 is 27.4. The number of hydrogen-bond acceptors (Lipinski definition) is 5. The Kier molecular flexibility index (Phi) is 6.87. The molecule has 0 saturated heterocycles. The van der Waals surface area contributed by atoms with Gasteiger partial charge in [0.05, 0.1) is 11.9 Å². The highest BCUT2D eigenvalue weighted by atomic mass is 32.2. The Morgan fingerprint density at radius 1 is 1.53 bits per heavy atom. The minimum absolute atomic E-state index is 0.102. The number of allylic oxidation sites excluding steroid dienone is 1. The zero-order chi connectivity index (χ0) is 13.5. The van der Waals surface area contributed by atoms with E-state index < -0.39 is 9.84 Å². The zero-order valence-electron chi connectivity index (χ0n) is 10.9. The molecule has 0 aliphatic rings. The van der Waals surface area contributed by atoms with E-state index in [2.05, 4.69) is 4.99 Å². The normalized spacial score (nSPS) is 15.8. The van der Waals surface area contributed by atoms with Gasteiger partial charge in [-0.3, -0.25) is 4.99 Å². The highest BCUT2D eigenvalue weighted by Crippen LogP contribution is 2.09. The number of hydrogen-bond donors (Lipinski definition) is 1. The molecule has 0 fully saturated rings. The number of rotatable bonds is 7. The Bertz CT molecular complexity index is 386. The van der Waals surface area contributed by atoms with Crippen LogP contribution in [0.5, 0.6) is 0 Å². The largest absolute Gasteiger partial charge is 0.476 e. The SMILES string of the molecule is CCC(C=NC)=C(N)O[C@H](C)CCS(C)(=O)=O. The first-order chi connectivity index (χ1) is 7.80. The maximum absolute atomic E-state index is 11.0. The number of ether oxygens (including phenoxy) is 1. The standard InChI is InChI=1S/C11H22N2O3S/c1-5-10(8-13-3)11(12)16-9(2)6-7-17(4,14)15/h8-9H,5-7,12H2,1-4H3/t9-/m1/s1. The quantitative estimate of drug-likeness (QED) is 0.550. The lowest BCUT2D eigenvalue weighted by Crippen LogP contribution is -2.18. The topological polar surface area (TPSA) is 81.8 Å². The first-order valence-electron chi connectivity index (χ1n) is 5.55. The molecule has 6 heteroatoms. The van der Waals surface area contributed by atoms with Crippen molar-refractivity contribution in [2.24, 2.45) is 10.7 Å². The molecule has 0 unspecified atom stereocenters. The van der Waals surface area contributed by atoms with Crippen molar-refractivity contribution in [3.05, 3.63) is 11.5 Å². The van der Waals surface area contributed by atoms with Gasteiger partial charge in [-0.15, -0.1) is 0 Å². The monoisotopic (exact) mass is 262 g/mol. The van der Waals surface area contributed by atoms with Gasteiger partial charge in [0.2, 0.25) is 0 Å². The van der Waals surface area contributed by atoms with E-state index in [0.29, 0.717) is 12.3 Å². The fourth-order valence-corrected chi connectivity index (χ4v) is 1.98. The average Bonchev–Trinajstić information content (AvgIpc) is 2.22. The van der Waals surface area contributed by atoms with Crippen molar-refractivity contribution in [2.45, 2.75) is 32.8 Å². The van der Waals surface area contributed by atoms with Gasteiger partial charge in [-0.05, 0) is 19.8 Å². The van der Waals surface area contributed by atoms with Gasteiger partial charge in [-0.2, -0.15) is 0 Å². The summed E-state index contributed by atoms with van der Waals surface area (Å²) >= 11 is 0. The van der Waals surface area contributed by atoms with Crippen molar-refractivity contribution in [1.82, 2.24) is 0 Å². The fraction of sp³-hybridized carbons (Fsp3) is 0.727. The first kappa shape index (κ1) is 16.0. The molecule has 0 amide bonds. The molecule has 0 heterocycles. The Morgan fingerprint density at radius 3 is 2.53 bits per heavy atom. The molecule has 0 saturated carbocycles. The smallest absolute Gasteiger partial charge is 0.189 e. The molecule has 1 atom stereocenters. The highest BCUT2D eigenvalue weighted by molar-refractivity contribution is 7.90. The number of sulfone groups is 1. The van der Waals surface area contributed by atoms with E-state index in [0.717, 1.165) is 12.0 Å². The van der Waals surface area contributed by atoms with Crippen LogP contribution in [0.1, 0.15) is 26.7 Å². The summed E-state index contributed by atoms with van der Waals surface area (Å²) in [6.07, 6.45) is 3.79. The van der Waals surface area contributed by atoms with Gasteiger partial charge in [0.25, 0.3) is 0 Å². The summed E-state index contributed by atoms with van der Waals surface area (Å²) in [5, 5.41) is 0. The van der Waals surface area contributed by atoms with E-state index in [9.17, 15) is 8.42 Å². The average molecular weight is 262 g/mol. The third-order valence-electron chi connectivity index (χ3n) is 2.21. The molecular weight excluding hydrogens is 240 g/mol. The van der Waals surface area contributed by atoms with Gasteiger partial charge in [0, 0.05) is 25.1 Å². The molecule has 17 heavy (non-hydrogen) atoms. The van der Waals surface area contributed by atoms with E-state index in [1.54, 1.807) is 20.2 Å². The van der Waals surface area contributed by atoms with E-state index in [1.807, 2.05) is 6.92 Å². The second-order valence-corrected chi connectivity index (χ2v) is 6.24. The third-order valence-corrected chi connectivity index (χ3v) is 3.18. The second-order valence-electron chi connectivity index (χ2n) is 3.98. The van der Waals surface area contributed by atoms with Crippen LogP contribution in [0.4, 0.5) is 0 Å². The number of nitrogens with two attached hydrogens (primary N) is 1. The molecule has 0 spiro atoms. The number of aliphatic imine (C=N–C) groups is 1. The molecule has 0 aromatic rings. The van der Waals surface area contributed by atoms with Crippen molar-refractivity contribution in [3.8, 4) is 0 Å². The summed E-state index contributed by atoms with van der Waals surface area (Å²) in [5.74, 6) is 0.421. The van der Waals surface area contributed by atoms with Crippen LogP contribution in [-0.2, 0) is 14.6 Å². The van der Waals surface area contributed by atoms with E-state index in [-0.39, 0.29) is 11.9 Å². The van der Waals surface area contributed by atoms with Crippen LogP contribution >= 0.6 is 0 Å². The van der Waals surface area contributed by atoms with Crippen LogP contribution in [-0.4, -0.2) is 39.8 Å². The van der Waals surface area contributed by atoms with Gasteiger partial charge < -0.3 is 10.5 Å². The summed E-state index contributed by atoms with van der Waals surface area (Å²) in [6.45, 7) is 3.75. The van der Waals surface area contributed by atoms with E-state index in [4.69, 9.17) is 10.5 Å². The summed E-state index contributed by atoms with van der Waals surface area (Å²) in [6, 6.07) is 0. The minimum atomic E-state index is -2.95. The van der Waals surface area contributed by atoms with Crippen molar-refractivity contribution >= 4 is 16.1 Å². The Morgan fingerprint density at radius 2 is 2.12 bits per heavy atom. The molecule has 5 nitrogen and oxygen atoms in total. The molecule has 0 bridgehead atoms. The molecule has 100 valence electrons. The van der Waals surface area contributed by atoms with E-state index in [1.165, 1.54) is 6.26 Å². The lowest BCUT2D eigenvalue weighted by atomic mass is 10.2. The lowest BCUT2D eigenvalue weighted by molar-refractivity contribution is 0.125. The van der Waals surface area contributed by atoms with Crippen molar-refractivity contribution in [2.75, 3.05) is 19.1 Å². The third kappa shape index (κ3) is 7.79. The summed E-state index contributed by atoms with van der Waals surface area (Å²) in [7, 11) is -1.29. The molecule has 0 radical (unpaired) electrons. The molecule has 0 aliphatic heterocycles. The fourth-order valence-electron chi connectivity index (χ4n) is 1.22. The maximum atomic E-state index is 11.0. The van der Waals surface area contributed by atoms with Crippen molar-refractivity contribution < 1.29 is 13.2 Å². The molecule has 2 N–H and O–H groups in total. The van der Waals surface area contributed by atoms with Crippen LogP contribution in [0.15, 0.2) is 16.4 Å². The number of nitrogens with zero attached hydrogens (tertiary/aromatic N) is 1. The van der Waals surface area contributed by atoms with Gasteiger partial charge in [-0.25, -0.2) is 8.42 Å². The molecular formula is C11H22N2O3S. The Balaban J connectivity index is 4.41. The van der Waals surface area contributed by atoms with Gasteiger partial charge >= 0.3 is 0 Å². The van der Waals surface area contributed by atoms with E-state index >= 15 is 0 Å². The zero-order valence-corrected chi connectivity index (χ0v) is 11.8. The summed E-state index contributed by atoms with van der Waals surface area (Å²) in [4.78, 5) is 3.88. The van der Waals surface area contributed by atoms with Crippen LogP contribution in [0.2, 0.25) is 0 Å². The Labute approximate surface area is 104 Å². The summed E-state index contributed by atoms with van der Waals surface area (Å²) in [5.41, 5.74) is 6.59. The van der Waals surface area contributed by atoms with Crippen LogP contribution in [0.3, 0.4) is 0 Å². The van der Waals surface area contributed by atoms with Crippen LogP contribution < -0.4 is 5.73 Å². The lowest BCUT2D eigenvalue weighted by Gasteiger charge is -2.15. The van der Waals surface area contributed by atoms with Crippen LogP contribution in [0.25, 0.3) is 0 Å². The first-order valence-corrected chi connectivity index (χ1v) is 7.61.